The number of carboxylic acid groups (broad SMARTS) is 1. The van der Waals surface area contributed by atoms with Crippen LogP contribution >= 0.6 is 11.6 Å². The molecule has 7 heteroatoms. The van der Waals surface area contributed by atoms with Crippen LogP contribution in [0, 0.1) is 11.7 Å². The van der Waals surface area contributed by atoms with Crippen LogP contribution in [0.4, 0.5) is 9.18 Å². The average molecular weight is 466 g/mol. The minimum Gasteiger partial charge on any atom is -0.481 e. The third-order valence-electron chi connectivity index (χ3n) is 6.59. The standard InChI is InChI=1S/C26H21ClFNO4/c27-15-9-10-24(28)20(11-15)21-12-29(13-22(21)25(30)31)26(32)33-14-23-18-7-3-1-5-16(18)17-6-2-4-8-19(17)23/h1-11,21-23H,12-14H2,(H,30,31)/t21-,22+/m0/s1. The Bertz CT molecular complexity index is 1200. The second-order valence-corrected chi connectivity index (χ2v) is 8.86. The second kappa shape index (κ2) is 8.52. The lowest BCUT2D eigenvalue weighted by molar-refractivity contribution is -0.141. The number of amides is 1. The summed E-state index contributed by atoms with van der Waals surface area (Å²) in [5.41, 5.74) is 4.63. The summed E-state index contributed by atoms with van der Waals surface area (Å²) < 4.78 is 20.1. The third kappa shape index (κ3) is 3.85. The zero-order chi connectivity index (χ0) is 23.1. The Balaban J connectivity index is 1.34. The molecule has 1 heterocycles. The number of benzene rings is 3. The number of nitrogens with zero attached hydrogens (tertiary/aromatic N) is 1. The number of fused-ring (bicyclic) bond motifs is 3. The van der Waals surface area contributed by atoms with E-state index in [1.807, 2.05) is 36.4 Å². The fraction of sp³-hybridized carbons (Fsp3) is 0.231. The van der Waals surface area contributed by atoms with Crippen molar-refractivity contribution >= 4 is 23.7 Å². The van der Waals surface area contributed by atoms with Gasteiger partial charge in [-0.3, -0.25) is 4.79 Å². The van der Waals surface area contributed by atoms with Gasteiger partial charge in [-0.15, -0.1) is 0 Å². The van der Waals surface area contributed by atoms with Crippen molar-refractivity contribution in [1.82, 2.24) is 4.90 Å². The molecule has 1 aliphatic carbocycles. The van der Waals surface area contributed by atoms with Crippen LogP contribution in [0.3, 0.4) is 0 Å². The van der Waals surface area contributed by atoms with E-state index in [0.717, 1.165) is 22.3 Å². The fourth-order valence-electron chi connectivity index (χ4n) is 5.00. The van der Waals surface area contributed by atoms with Gasteiger partial charge in [0.1, 0.15) is 12.4 Å². The molecule has 1 N–H and O–H groups in total. The molecule has 3 aromatic rings. The molecule has 3 aromatic carbocycles. The molecule has 5 nitrogen and oxygen atoms in total. The van der Waals surface area contributed by atoms with Crippen LogP contribution in [0.25, 0.3) is 11.1 Å². The summed E-state index contributed by atoms with van der Waals surface area (Å²) in [4.78, 5) is 26.1. The maximum absolute atomic E-state index is 14.4. The molecule has 1 saturated heterocycles. The SMILES string of the molecule is O=C(O)[C@@H]1CN(C(=O)OCC2c3ccccc3-c3ccccc32)C[C@H]1c1cc(Cl)ccc1F. The Morgan fingerprint density at radius 3 is 2.24 bits per heavy atom. The van der Waals surface area contributed by atoms with E-state index < -0.39 is 29.7 Å². The van der Waals surface area contributed by atoms with Crippen LogP contribution in [-0.2, 0) is 9.53 Å². The molecule has 33 heavy (non-hydrogen) atoms. The van der Waals surface area contributed by atoms with Gasteiger partial charge < -0.3 is 14.7 Å². The lowest BCUT2D eigenvalue weighted by atomic mass is 9.89. The van der Waals surface area contributed by atoms with E-state index >= 15 is 0 Å². The van der Waals surface area contributed by atoms with Crippen LogP contribution < -0.4 is 0 Å². The predicted molar refractivity (Wildman–Crippen MR) is 122 cm³/mol. The topological polar surface area (TPSA) is 66.8 Å². The van der Waals surface area contributed by atoms with Crippen LogP contribution in [0.2, 0.25) is 5.02 Å². The van der Waals surface area contributed by atoms with Gasteiger partial charge in [0.15, 0.2) is 0 Å². The first-order valence-electron chi connectivity index (χ1n) is 10.7. The maximum atomic E-state index is 14.4. The van der Waals surface area contributed by atoms with E-state index in [0.29, 0.717) is 5.02 Å². The van der Waals surface area contributed by atoms with Crippen molar-refractivity contribution in [2.24, 2.45) is 5.92 Å². The highest BCUT2D eigenvalue weighted by molar-refractivity contribution is 6.30. The molecule has 0 radical (unpaired) electrons. The van der Waals surface area contributed by atoms with Crippen molar-refractivity contribution in [1.29, 1.82) is 0 Å². The number of likely N-dealkylation sites (tertiary alicyclic amines) is 1. The van der Waals surface area contributed by atoms with Crippen LogP contribution in [-0.4, -0.2) is 41.8 Å². The first kappa shape index (κ1) is 21.5. The van der Waals surface area contributed by atoms with Crippen molar-refractivity contribution in [2.45, 2.75) is 11.8 Å². The van der Waals surface area contributed by atoms with Crippen molar-refractivity contribution in [3.05, 3.63) is 94.3 Å². The average Bonchev–Trinajstić information content (AvgIpc) is 3.40. The largest absolute Gasteiger partial charge is 0.481 e. The second-order valence-electron chi connectivity index (χ2n) is 8.43. The molecule has 1 aliphatic heterocycles. The first-order chi connectivity index (χ1) is 15.9. The van der Waals surface area contributed by atoms with E-state index in [-0.39, 0.29) is 31.2 Å². The number of ether oxygens (including phenoxy) is 1. The smallest absolute Gasteiger partial charge is 0.409 e. The minimum atomic E-state index is -1.09. The summed E-state index contributed by atoms with van der Waals surface area (Å²) in [7, 11) is 0. The highest BCUT2D eigenvalue weighted by Crippen LogP contribution is 2.44. The molecule has 0 aromatic heterocycles. The molecule has 168 valence electrons. The monoisotopic (exact) mass is 465 g/mol. The molecular weight excluding hydrogens is 445 g/mol. The number of hydrogen-bond acceptors (Lipinski definition) is 3. The van der Waals surface area contributed by atoms with Gasteiger partial charge in [-0.1, -0.05) is 60.1 Å². The Morgan fingerprint density at radius 2 is 1.61 bits per heavy atom. The number of hydrogen-bond donors (Lipinski definition) is 1. The van der Waals surface area contributed by atoms with Crippen LogP contribution in [0.5, 0.6) is 0 Å². The molecule has 1 fully saturated rings. The van der Waals surface area contributed by atoms with Crippen molar-refractivity contribution in [3.63, 3.8) is 0 Å². The molecule has 5 rings (SSSR count). The summed E-state index contributed by atoms with van der Waals surface area (Å²) in [5, 5.41) is 10.0. The highest BCUT2D eigenvalue weighted by atomic mass is 35.5. The molecule has 2 aliphatic rings. The van der Waals surface area contributed by atoms with E-state index in [2.05, 4.69) is 12.1 Å². The molecule has 0 saturated carbocycles. The van der Waals surface area contributed by atoms with Gasteiger partial charge in [-0.25, -0.2) is 9.18 Å². The van der Waals surface area contributed by atoms with Gasteiger partial charge in [-0.05, 0) is 46.0 Å². The third-order valence-corrected chi connectivity index (χ3v) is 6.82. The number of halogens is 2. The van der Waals surface area contributed by atoms with Crippen LogP contribution in [0.15, 0.2) is 66.7 Å². The summed E-state index contributed by atoms with van der Waals surface area (Å²) in [6, 6.07) is 20.1. The number of carboxylic acids is 1. The summed E-state index contributed by atoms with van der Waals surface area (Å²) in [6.45, 7) is 0.130. The minimum absolute atomic E-state index is 0.0465. The molecular formula is C26H21ClFNO4. The number of aliphatic carboxylic acids is 1. The van der Waals surface area contributed by atoms with E-state index in [1.54, 1.807) is 0 Å². The fourth-order valence-corrected chi connectivity index (χ4v) is 5.18. The van der Waals surface area contributed by atoms with Gasteiger partial charge in [0.05, 0.1) is 5.92 Å². The number of rotatable bonds is 4. The van der Waals surface area contributed by atoms with E-state index in [4.69, 9.17) is 16.3 Å². The van der Waals surface area contributed by atoms with Gasteiger partial charge in [-0.2, -0.15) is 0 Å². The van der Waals surface area contributed by atoms with E-state index in [9.17, 15) is 19.1 Å². The zero-order valence-corrected chi connectivity index (χ0v) is 18.3. The van der Waals surface area contributed by atoms with Crippen LogP contribution in [0.1, 0.15) is 28.5 Å². The Morgan fingerprint density at radius 1 is 0.970 bits per heavy atom. The van der Waals surface area contributed by atoms with E-state index in [1.165, 1.54) is 23.1 Å². The Labute approximate surface area is 195 Å². The molecule has 0 spiro atoms. The normalized spacial score (nSPS) is 19.3. The predicted octanol–water partition coefficient (Wildman–Crippen LogP) is 5.53. The molecule has 1 amide bonds. The molecule has 2 atom stereocenters. The van der Waals surface area contributed by atoms with Crippen molar-refractivity contribution < 1.29 is 23.8 Å². The molecule has 0 unspecified atom stereocenters. The summed E-state index contributed by atoms with van der Waals surface area (Å²) in [6.07, 6.45) is -0.604. The van der Waals surface area contributed by atoms with Gasteiger partial charge in [0.2, 0.25) is 0 Å². The lowest BCUT2D eigenvalue weighted by Gasteiger charge is -2.19. The lowest BCUT2D eigenvalue weighted by Crippen LogP contribution is -2.31. The summed E-state index contributed by atoms with van der Waals surface area (Å²) in [5.74, 6) is -3.38. The number of carbonyl (C=O) groups is 2. The Kier molecular flexibility index (Phi) is 5.54. The molecule has 0 bridgehead atoms. The number of carbonyl (C=O) groups excluding carboxylic acids is 1. The zero-order valence-electron chi connectivity index (χ0n) is 17.6. The van der Waals surface area contributed by atoms with Crippen molar-refractivity contribution in [2.75, 3.05) is 19.7 Å². The Hall–Kier alpha value is -3.38. The van der Waals surface area contributed by atoms with Gasteiger partial charge >= 0.3 is 12.1 Å². The maximum Gasteiger partial charge on any atom is 0.409 e. The van der Waals surface area contributed by atoms with Gasteiger partial charge in [0, 0.05) is 29.9 Å². The quantitative estimate of drug-likeness (QED) is 0.550. The van der Waals surface area contributed by atoms with Gasteiger partial charge in [0.25, 0.3) is 0 Å². The van der Waals surface area contributed by atoms with Crippen molar-refractivity contribution in [3.8, 4) is 11.1 Å². The summed E-state index contributed by atoms with van der Waals surface area (Å²) >= 11 is 6.01. The first-order valence-corrected chi connectivity index (χ1v) is 11.1. The highest BCUT2D eigenvalue weighted by Gasteiger charge is 2.42.